The molecule has 2 aromatic heterocycles. The van der Waals surface area contributed by atoms with Crippen LogP contribution in [0, 0.1) is 10.1 Å². The minimum absolute atomic E-state index is 0.193. The molecule has 4 aromatic rings. The standard InChI is InChI=1S/C20H16N4O5S/c1-29-19-9-8-14(18-13-23-10-3-2-7-20(23)21-18)11-17(19)22-30(27,28)16-6-4-5-15(12-16)24(25)26/h2-13,22H,1H3. The summed E-state index contributed by atoms with van der Waals surface area (Å²) < 4.78 is 35.2. The first-order valence-electron chi connectivity index (χ1n) is 8.77. The number of hydrogen-bond acceptors (Lipinski definition) is 6. The molecule has 10 heteroatoms. The number of nitrogens with one attached hydrogen (secondary N) is 1. The number of pyridine rings is 1. The summed E-state index contributed by atoms with van der Waals surface area (Å²) in [4.78, 5) is 14.6. The van der Waals surface area contributed by atoms with Crippen LogP contribution in [-0.2, 0) is 10.0 Å². The molecule has 0 radical (unpaired) electrons. The van der Waals surface area contributed by atoms with Crippen LogP contribution in [0.5, 0.6) is 5.75 Å². The number of aromatic nitrogens is 2. The Hall–Kier alpha value is -3.92. The number of methoxy groups -OCH3 is 1. The highest BCUT2D eigenvalue weighted by Crippen LogP contribution is 2.32. The van der Waals surface area contributed by atoms with Crippen molar-refractivity contribution in [2.75, 3.05) is 11.8 Å². The Morgan fingerprint density at radius 1 is 1.10 bits per heavy atom. The van der Waals surface area contributed by atoms with Gasteiger partial charge in [-0.05, 0) is 36.4 Å². The summed E-state index contributed by atoms with van der Waals surface area (Å²) in [6, 6.07) is 15.4. The van der Waals surface area contributed by atoms with E-state index in [-0.39, 0.29) is 16.3 Å². The maximum Gasteiger partial charge on any atom is 0.270 e. The van der Waals surface area contributed by atoms with E-state index in [2.05, 4.69) is 9.71 Å². The summed E-state index contributed by atoms with van der Waals surface area (Å²) in [6.45, 7) is 0. The number of non-ortho nitro benzene ring substituents is 1. The second kappa shape index (κ2) is 7.48. The quantitative estimate of drug-likeness (QED) is 0.372. The van der Waals surface area contributed by atoms with Crippen molar-refractivity contribution in [1.29, 1.82) is 0 Å². The van der Waals surface area contributed by atoms with Gasteiger partial charge in [-0.25, -0.2) is 13.4 Å². The molecular weight excluding hydrogens is 408 g/mol. The topological polar surface area (TPSA) is 116 Å². The van der Waals surface area contributed by atoms with E-state index in [1.807, 2.05) is 35.0 Å². The van der Waals surface area contributed by atoms with Gasteiger partial charge in [-0.2, -0.15) is 0 Å². The van der Waals surface area contributed by atoms with Crippen LogP contribution >= 0.6 is 0 Å². The van der Waals surface area contributed by atoms with Crippen molar-refractivity contribution in [3.05, 3.63) is 83.2 Å². The molecule has 0 saturated heterocycles. The minimum Gasteiger partial charge on any atom is -0.495 e. The molecule has 2 aromatic carbocycles. The van der Waals surface area contributed by atoms with Crippen molar-refractivity contribution in [2.45, 2.75) is 4.90 Å². The molecule has 0 fully saturated rings. The summed E-state index contributed by atoms with van der Waals surface area (Å²) >= 11 is 0. The Balaban J connectivity index is 1.73. The van der Waals surface area contributed by atoms with E-state index in [9.17, 15) is 18.5 Å². The van der Waals surface area contributed by atoms with Crippen LogP contribution in [0.15, 0.2) is 78.0 Å². The number of hydrogen-bond donors (Lipinski definition) is 1. The number of nitro groups is 1. The lowest BCUT2D eigenvalue weighted by Crippen LogP contribution is -2.14. The van der Waals surface area contributed by atoms with Gasteiger partial charge in [0.1, 0.15) is 11.4 Å². The summed E-state index contributed by atoms with van der Waals surface area (Å²) in [5, 5.41) is 11.0. The fourth-order valence-corrected chi connectivity index (χ4v) is 4.09. The van der Waals surface area contributed by atoms with Gasteiger partial charge in [-0.3, -0.25) is 14.8 Å². The first kappa shape index (κ1) is 19.4. The fraction of sp³-hybridized carbons (Fsp3) is 0.0500. The molecule has 0 saturated carbocycles. The average molecular weight is 424 g/mol. The van der Waals surface area contributed by atoms with Gasteiger partial charge in [0.2, 0.25) is 0 Å². The predicted molar refractivity (Wildman–Crippen MR) is 111 cm³/mol. The number of anilines is 1. The van der Waals surface area contributed by atoms with Gasteiger partial charge in [0.05, 0.1) is 28.3 Å². The van der Waals surface area contributed by atoms with Gasteiger partial charge < -0.3 is 9.14 Å². The van der Waals surface area contributed by atoms with E-state index in [1.165, 1.54) is 25.3 Å². The Kier molecular flexibility index (Phi) is 4.84. The summed E-state index contributed by atoms with van der Waals surface area (Å²) in [5.74, 6) is 0.302. The van der Waals surface area contributed by atoms with E-state index >= 15 is 0 Å². The van der Waals surface area contributed by atoms with Crippen molar-refractivity contribution >= 4 is 27.0 Å². The number of nitrogens with zero attached hydrogens (tertiary/aromatic N) is 3. The fourth-order valence-electron chi connectivity index (χ4n) is 2.99. The lowest BCUT2D eigenvalue weighted by atomic mass is 10.1. The number of fused-ring (bicyclic) bond motifs is 1. The van der Waals surface area contributed by atoms with E-state index < -0.39 is 14.9 Å². The molecule has 0 aliphatic rings. The van der Waals surface area contributed by atoms with Crippen LogP contribution in [0.1, 0.15) is 0 Å². The van der Waals surface area contributed by atoms with Gasteiger partial charge in [-0.15, -0.1) is 0 Å². The van der Waals surface area contributed by atoms with Crippen LogP contribution < -0.4 is 9.46 Å². The van der Waals surface area contributed by atoms with Gasteiger partial charge >= 0.3 is 0 Å². The maximum atomic E-state index is 12.8. The number of nitro benzene ring substituents is 1. The van der Waals surface area contributed by atoms with Crippen LogP contribution in [0.4, 0.5) is 11.4 Å². The zero-order valence-corrected chi connectivity index (χ0v) is 16.5. The molecule has 4 rings (SSSR count). The SMILES string of the molecule is COc1ccc(-c2cn3ccccc3n2)cc1NS(=O)(=O)c1cccc([N+](=O)[O-])c1. The highest BCUT2D eigenvalue weighted by Gasteiger charge is 2.20. The molecule has 0 aliphatic heterocycles. The highest BCUT2D eigenvalue weighted by molar-refractivity contribution is 7.92. The normalized spacial score (nSPS) is 11.4. The molecule has 152 valence electrons. The number of sulfonamides is 1. The van der Waals surface area contributed by atoms with Crippen molar-refractivity contribution in [1.82, 2.24) is 9.38 Å². The van der Waals surface area contributed by atoms with Gasteiger partial charge in [0.25, 0.3) is 15.7 Å². The third-order valence-corrected chi connectivity index (χ3v) is 5.81. The predicted octanol–water partition coefficient (Wildman–Crippen LogP) is 3.72. The Bertz CT molecular complexity index is 1330. The summed E-state index contributed by atoms with van der Waals surface area (Å²) in [5.41, 5.74) is 1.96. The molecular formula is C20H16N4O5S. The molecule has 0 unspecified atom stereocenters. The molecule has 30 heavy (non-hydrogen) atoms. The van der Waals surface area contributed by atoms with Crippen LogP contribution in [-0.4, -0.2) is 29.8 Å². The summed E-state index contributed by atoms with van der Waals surface area (Å²) in [6.07, 6.45) is 3.69. The van der Waals surface area contributed by atoms with E-state index in [1.54, 1.807) is 18.2 Å². The van der Waals surface area contributed by atoms with Gasteiger partial charge in [0, 0.05) is 30.1 Å². The zero-order valence-electron chi connectivity index (χ0n) is 15.7. The average Bonchev–Trinajstić information content (AvgIpc) is 3.18. The molecule has 2 heterocycles. The van der Waals surface area contributed by atoms with Crippen LogP contribution in [0.2, 0.25) is 0 Å². The first-order chi connectivity index (χ1) is 14.4. The lowest BCUT2D eigenvalue weighted by Gasteiger charge is -2.13. The molecule has 9 nitrogen and oxygen atoms in total. The molecule has 0 aliphatic carbocycles. The smallest absolute Gasteiger partial charge is 0.270 e. The van der Waals surface area contributed by atoms with Crippen molar-refractivity contribution in [3.63, 3.8) is 0 Å². The largest absolute Gasteiger partial charge is 0.495 e. The second-order valence-electron chi connectivity index (χ2n) is 6.37. The van der Waals surface area contributed by atoms with E-state index in [0.29, 0.717) is 17.0 Å². The molecule has 0 atom stereocenters. The number of rotatable bonds is 6. The number of benzene rings is 2. The van der Waals surface area contributed by atoms with E-state index in [0.717, 1.165) is 11.7 Å². The highest BCUT2D eigenvalue weighted by atomic mass is 32.2. The van der Waals surface area contributed by atoms with Crippen LogP contribution in [0.25, 0.3) is 16.9 Å². The monoisotopic (exact) mass is 424 g/mol. The first-order valence-corrected chi connectivity index (χ1v) is 10.2. The third kappa shape index (κ3) is 3.67. The zero-order chi connectivity index (χ0) is 21.3. The number of imidazole rings is 1. The van der Waals surface area contributed by atoms with Gasteiger partial charge in [0.15, 0.2) is 0 Å². The van der Waals surface area contributed by atoms with Gasteiger partial charge in [-0.1, -0.05) is 12.1 Å². The maximum absolute atomic E-state index is 12.8. The van der Waals surface area contributed by atoms with E-state index in [4.69, 9.17) is 4.74 Å². The third-order valence-electron chi connectivity index (χ3n) is 4.44. The molecule has 0 spiro atoms. The van der Waals surface area contributed by atoms with Crippen molar-refractivity contribution in [2.24, 2.45) is 0 Å². The minimum atomic E-state index is -4.09. The molecule has 0 bridgehead atoms. The Morgan fingerprint density at radius 2 is 1.93 bits per heavy atom. The lowest BCUT2D eigenvalue weighted by molar-refractivity contribution is -0.385. The van der Waals surface area contributed by atoms with Crippen molar-refractivity contribution < 1.29 is 18.1 Å². The van der Waals surface area contributed by atoms with Crippen molar-refractivity contribution in [3.8, 4) is 17.0 Å². The molecule has 1 N–H and O–H groups in total. The Morgan fingerprint density at radius 3 is 2.67 bits per heavy atom. The van der Waals surface area contributed by atoms with Crippen LogP contribution in [0.3, 0.4) is 0 Å². The number of ether oxygens (including phenoxy) is 1. The Labute approximate surface area is 171 Å². The molecule has 0 amide bonds. The summed E-state index contributed by atoms with van der Waals surface area (Å²) in [7, 11) is -2.66. The second-order valence-corrected chi connectivity index (χ2v) is 8.05.